The zero-order valence-electron chi connectivity index (χ0n) is 12.3. The molecule has 1 heterocycles. The van der Waals surface area contributed by atoms with Gasteiger partial charge in [-0.2, -0.15) is 0 Å². The van der Waals surface area contributed by atoms with Crippen LogP contribution in [0.5, 0.6) is 0 Å². The van der Waals surface area contributed by atoms with E-state index in [1.807, 2.05) is 0 Å². The van der Waals surface area contributed by atoms with Crippen molar-refractivity contribution in [3.05, 3.63) is 18.2 Å². The van der Waals surface area contributed by atoms with Crippen LogP contribution in [0.25, 0.3) is 0 Å². The summed E-state index contributed by atoms with van der Waals surface area (Å²) in [5.41, 5.74) is 7.50. The molecule has 5 nitrogen and oxygen atoms in total. The molecule has 6 heteroatoms. The fraction of sp³-hybridized carbons (Fsp3) is 0.571. The van der Waals surface area contributed by atoms with E-state index in [4.69, 9.17) is 5.73 Å². The highest BCUT2D eigenvalue weighted by atomic mass is 32.2. The quantitative estimate of drug-likeness (QED) is 0.834. The fourth-order valence-corrected chi connectivity index (χ4v) is 3.48. The van der Waals surface area contributed by atoms with Crippen LogP contribution in [0.4, 0.5) is 11.4 Å². The Hall–Kier alpha value is -1.27. The summed E-state index contributed by atoms with van der Waals surface area (Å²) in [6, 6.07) is 5.25. The Morgan fingerprint density at radius 1 is 1.35 bits per heavy atom. The lowest BCUT2D eigenvalue weighted by atomic mass is 9.91. The minimum Gasteiger partial charge on any atom is -0.397 e. The molecule has 112 valence electrons. The van der Waals surface area contributed by atoms with Gasteiger partial charge in [0.15, 0.2) is 0 Å². The van der Waals surface area contributed by atoms with E-state index in [0.29, 0.717) is 17.6 Å². The highest BCUT2D eigenvalue weighted by Crippen LogP contribution is 2.33. The molecule has 0 amide bonds. The number of nitrogen functional groups attached to an aromatic ring is 1. The second-order valence-corrected chi connectivity index (χ2v) is 7.37. The summed E-state index contributed by atoms with van der Waals surface area (Å²) >= 11 is 0. The molecule has 0 bridgehead atoms. The molecule has 2 atom stereocenters. The van der Waals surface area contributed by atoms with E-state index in [1.165, 1.54) is 13.5 Å². The Bertz CT molecular complexity index is 586. The molecule has 20 heavy (non-hydrogen) atoms. The largest absolute Gasteiger partial charge is 0.397 e. The predicted molar refractivity (Wildman–Crippen MR) is 82.3 cm³/mol. The maximum absolute atomic E-state index is 11.9. The number of piperidine rings is 1. The summed E-state index contributed by atoms with van der Waals surface area (Å²) in [5, 5.41) is 0. The SMILES string of the molecule is CNS(=O)(=O)c1ccc(N)c(N2CCCC(C)C2C)c1. The number of hydrogen-bond donors (Lipinski definition) is 2. The van der Waals surface area contributed by atoms with Crippen LogP contribution in [0, 0.1) is 5.92 Å². The van der Waals surface area contributed by atoms with E-state index in [1.54, 1.807) is 18.2 Å². The first-order chi connectivity index (χ1) is 9.36. The Kier molecular flexibility index (Phi) is 4.25. The van der Waals surface area contributed by atoms with Gasteiger partial charge in [0.05, 0.1) is 16.3 Å². The summed E-state index contributed by atoms with van der Waals surface area (Å²) in [7, 11) is -2.03. The van der Waals surface area contributed by atoms with Gasteiger partial charge in [0.2, 0.25) is 10.0 Å². The normalized spacial score (nSPS) is 23.9. The van der Waals surface area contributed by atoms with Crippen molar-refractivity contribution >= 4 is 21.4 Å². The van der Waals surface area contributed by atoms with Gasteiger partial charge in [0, 0.05) is 12.6 Å². The molecule has 0 aliphatic carbocycles. The molecule has 1 aliphatic rings. The average molecular weight is 297 g/mol. The minimum absolute atomic E-state index is 0.259. The van der Waals surface area contributed by atoms with Crippen molar-refractivity contribution in [2.24, 2.45) is 5.92 Å². The molecule has 1 fully saturated rings. The maximum atomic E-state index is 11.9. The second-order valence-electron chi connectivity index (χ2n) is 5.48. The summed E-state index contributed by atoms with van der Waals surface area (Å²) < 4.78 is 26.2. The van der Waals surface area contributed by atoms with Crippen molar-refractivity contribution < 1.29 is 8.42 Å². The number of nitrogens with zero attached hydrogens (tertiary/aromatic N) is 1. The molecule has 1 saturated heterocycles. The van der Waals surface area contributed by atoms with Crippen LogP contribution in [0.3, 0.4) is 0 Å². The van der Waals surface area contributed by atoms with Crippen molar-refractivity contribution in [1.82, 2.24) is 4.72 Å². The highest BCUT2D eigenvalue weighted by Gasteiger charge is 2.27. The Morgan fingerprint density at radius 3 is 2.70 bits per heavy atom. The van der Waals surface area contributed by atoms with Crippen LogP contribution in [0.1, 0.15) is 26.7 Å². The molecule has 1 aromatic rings. The molecule has 3 N–H and O–H groups in total. The standard InChI is InChI=1S/C14H23N3O2S/c1-10-5-4-8-17(11(10)2)14-9-12(6-7-13(14)15)20(18,19)16-3/h6-7,9-11,16H,4-5,8,15H2,1-3H3. The van der Waals surface area contributed by atoms with E-state index in [2.05, 4.69) is 23.5 Å². The zero-order chi connectivity index (χ0) is 14.9. The third-order valence-corrected chi connectivity index (χ3v) is 5.68. The minimum atomic E-state index is -3.44. The lowest BCUT2D eigenvalue weighted by Crippen LogP contribution is -2.42. The smallest absolute Gasteiger partial charge is 0.240 e. The first kappa shape index (κ1) is 15.1. The maximum Gasteiger partial charge on any atom is 0.240 e. The van der Waals surface area contributed by atoms with Crippen molar-refractivity contribution in [3.8, 4) is 0 Å². The van der Waals surface area contributed by atoms with Gasteiger partial charge in [-0.3, -0.25) is 0 Å². The van der Waals surface area contributed by atoms with E-state index in [-0.39, 0.29) is 4.90 Å². The summed E-state index contributed by atoms with van der Waals surface area (Å²) in [6.45, 7) is 5.31. The van der Waals surface area contributed by atoms with Crippen LogP contribution in [-0.2, 0) is 10.0 Å². The topological polar surface area (TPSA) is 75.4 Å². The van der Waals surface area contributed by atoms with Crippen molar-refractivity contribution in [3.63, 3.8) is 0 Å². The summed E-state index contributed by atoms with van der Waals surface area (Å²) in [4.78, 5) is 2.48. The number of nitrogens with two attached hydrogens (primary N) is 1. The van der Waals surface area contributed by atoms with Gasteiger partial charge in [-0.15, -0.1) is 0 Å². The Balaban J connectivity index is 2.43. The zero-order valence-corrected chi connectivity index (χ0v) is 13.1. The molecule has 0 aromatic heterocycles. The third kappa shape index (κ3) is 2.76. The van der Waals surface area contributed by atoms with Crippen LogP contribution in [0.2, 0.25) is 0 Å². The first-order valence-corrected chi connectivity index (χ1v) is 8.45. The first-order valence-electron chi connectivity index (χ1n) is 6.96. The van der Waals surface area contributed by atoms with Crippen LogP contribution < -0.4 is 15.4 Å². The van der Waals surface area contributed by atoms with E-state index in [9.17, 15) is 8.42 Å². The van der Waals surface area contributed by atoms with Gasteiger partial charge in [-0.05, 0) is 50.9 Å². The van der Waals surface area contributed by atoms with Crippen LogP contribution in [0.15, 0.2) is 23.1 Å². The van der Waals surface area contributed by atoms with Crippen molar-refractivity contribution in [2.75, 3.05) is 24.2 Å². The van der Waals surface area contributed by atoms with E-state index < -0.39 is 10.0 Å². The number of anilines is 2. The second kappa shape index (κ2) is 5.61. The molecule has 2 unspecified atom stereocenters. The number of nitrogens with one attached hydrogen (secondary N) is 1. The van der Waals surface area contributed by atoms with Crippen LogP contribution in [-0.4, -0.2) is 28.1 Å². The van der Waals surface area contributed by atoms with Crippen molar-refractivity contribution in [2.45, 2.75) is 37.6 Å². The van der Waals surface area contributed by atoms with E-state index in [0.717, 1.165) is 18.7 Å². The van der Waals surface area contributed by atoms with Gasteiger partial charge in [-0.25, -0.2) is 13.1 Å². The summed E-state index contributed by atoms with van der Waals surface area (Å²) in [6.07, 6.45) is 2.31. The monoisotopic (exact) mass is 297 g/mol. The molecule has 1 aromatic carbocycles. The fourth-order valence-electron chi connectivity index (χ4n) is 2.73. The highest BCUT2D eigenvalue weighted by molar-refractivity contribution is 7.89. The molecule has 1 aliphatic heterocycles. The molecule has 0 spiro atoms. The summed E-state index contributed by atoms with van der Waals surface area (Å²) in [5.74, 6) is 0.577. The molecule has 2 rings (SSSR count). The van der Waals surface area contributed by atoms with Gasteiger partial charge in [0.25, 0.3) is 0 Å². The molecular weight excluding hydrogens is 274 g/mol. The number of sulfonamides is 1. The molecule has 0 saturated carbocycles. The third-order valence-electron chi connectivity index (χ3n) is 4.26. The van der Waals surface area contributed by atoms with Crippen LogP contribution >= 0.6 is 0 Å². The number of hydrogen-bond acceptors (Lipinski definition) is 4. The number of rotatable bonds is 3. The van der Waals surface area contributed by atoms with Gasteiger partial charge in [0.1, 0.15) is 0 Å². The number of benzene rings is 1. The molecular formula is C14H23N3O2S. The van der Waals surface area contributed by atoms with Crippen molar-refractivity contribution in [1.29, 1.82) is 0 Å². The molecule has 0 radical (unpaired) electrons. The predicted octanol–water partition coefficient (Wildman–Crippen LogP) is 1.80. The Labute approximate surface area is 121 Å². The van der Waals surface area contributed by atoms with Gasteiger partial charge >= 0.3 is 0 Å². The van der Waals surface area contributed by atoms with E-state index >= 15 is 0 Å². The lowest BCUT2D eigenvalue weighted by molar-refractivity contribution is 0.364. The average Bonchev–Trinajstić information content (AvgIpc) is 2.42. The van der Waals surface area contributed by atoms with Gasteiger partial charge in [-0.1, -0.05) is 6.92 Å². The van der Waals surface area contributed by atoms with Gasteiger partial charge < -0.3 is 10.6 Å². The Morgan fingerprint density at radius 2 is 2.05 bits per heavy atom. The lowest BCUT2D eigenvalue weighted by Gasteiger charge is -2.40.